The highest BCUT2D eigenvalue weighted by Crippen LogP contribution is 2.15. The third-order valence-electron chi connectivity index (χ3n) is 3.03. The number of benzene rings is 1. The molecule has 0 aliphatic rings. The van der Waals surface area contributed by atoms with Gasteiger partial charge in [0.2, 0.25) is 5.95 Å². The molecule has 7 heteroatoms. The zero-order valence-electron chi connectivity index (χ0n) is 12.1. The van der Waals surface area contributed by atoms with Gasteiger partial charge in [0.25, 0.3) is 0 Å². The molecule has 1 aromatic carbocycles. The van der Waals surface area contributed by atoms with Gasteiger partial charge < -0.3 is 10.6 Å². The molecular weight excluding hydrogens is 290 g/mol. The van der Waals surface area contributed by atoms with Gasteiger partial charge in [-0.3, -0.25) is 4.98 Å². The van der Waals surface area contributed by atoms with Crippen LogP contribution in [0.3, 0.4) is 0 Å². The van der Waals surface area contributed by atoms with Gasteiger partial charge in [0.05, 0.1) is 17.8 Å². The van der Waals surface area contributed by atoms with Crippen LogP contribution in [-0.4, -0.2) is 20.2 Å². The van der Waals surface area contributed by atoms with Crippen LogP contribution in [0, 0.1) is 11.3 Å². The Bertz CT molecular complexity index is 827. The molecule has 2 N–H and O–H groups in total. The van der Waals surface area contributed by atoms with Crippen molar-refractivity contribution in [2.45, 2.75) is 6.54 Å². The van der Waals surface area contributed by atoms with Gasteiger partial charge in [-0.15, -0.1) is 5.10 Å². The highest BCUT2D eigenvalue weighted by molar-refractivity contribution is 5.56. The summed E-state index contributed by atoms with van der Waals surface area (Å²) in [6.07, 6.45) is 5.03. The zero-order chi connectivity index (χ0) is 15.9. The molecule has 23 heavy (non-hydrogen) atoms. The Labute approximate surface area is 133 Å². The maximum absolute atomic E-state index is 8.91. The Kier molecular flexibility index (Phi) is 4.36. The number of nitriles is 1. The van der Waals surface area contributed by atoms with Gasteiger partial charge in [-0.05, 0) is 35.9 Å². The van der Waals surface area contributed by atoms with Crippen LogP contribution in [0.4, 0.5) is 17.5 Å². The van der Waals surface area contributed by atoms with Gasteiger partial charge in [0, 0.05) is 24.6 Å². The number of anilines is 3. The van der Waals surface area contributed by atoms with Crippen molar-refractivity contribution in [1.29, 1.82) is 5.26 Å². The largest absolute Gasteiger partial charge is 0.365 e. The van der Waals surface area contributed by atoms with Crippen molar-refractivity contribution in [3.8, 4) is 6.07 Å². The first kappa shape index (κ1) is 14.4. The van der Waals surface area contributed by atoms with Crippen molar-refractivity contribution in [1.82, 2.24) is 20.2 Å². The molecular formula is C16H13N7. The van der Waals surface area contributed by atoms with Crippen molar-refractivity contribution < 1.29 is 0 Å². The Morgan fingerprint density at radius 2 is 2.00 bits per heavy atom. The average molecular weight is 303 g/mol. The monoisotopic (exact) mass is 303 g/mol. The molecule has 0 atom stereocenters. The molecule has 0 saturated heterocycles. The van der Waals surface area contributed by atoms with E-state index in [1.54, 1.807) is 36.8 Å². The second kappa shape index (κ2) is 6.95. The van der Waals surface area contributed by atoms with Crippen molar-refractivity contribution in [2.75, 3.05) is 10.6 Å². The fourth-order valence-corrected chi connectivity index (χ4v) is 1.93. The summed E-state index contributed by atoms with van der Waals surface area (Å²) in [4.78, 5) is 8.32. The van der Waals surface area contributed by atoms with Crippen LogP contribution in [0.15, 0.2) is 55.0 Å². The van der Waals surface area contributed by atoms with Crippen LogP contribution in [0.1, 0.15) is 11.1 Å². The van der Waals surface area contributed by atoms with Crippen LogP contribution in [0.2, 0.25) is 0 Å². The molecule has 2 heterocycles. The van der Waals surface area contributed by atoms with Gasteiger partial charge in [-0.25, -0.2) is 0 Å². The van der Waals surface area contributed by atoms with E-state index in [0.717, 1.165) is 11.3 Å². The Morgan fingerprint density at radius 1 is 1.13 bits per heavy atom. The normalized spacial score (nSPS) is 9.87. The predicted octanol–water partition coefficient (Wildman–Crippen LogP) is 2.49. The maximum atomic E-state index is 8.91. The quantitative estimate of drug-likeness (QED) is 0.747. The highest BCUT2D eigenvalue weighted by Gasteiger charge is 2.02. The lowest BCUT2D eigenvalue weighted by atomic mass is 10.2. The summed E-state index contributed by atoms with van der Waals surface area (Å²) in [5.74, 6) is 0.968. The van der Waals surface area contributed by atoms with E-state index in [4.69, 9.17) is 5.26 Å². The lowest BCUT2D eigenvalue weighted by molar-refractivity contribution is 0.965. The fourth-order valence-electron chi connectivity index (χ4n) is 1.93. The SMILES string of the molecule is N#Cc1cccc(Nc2nncc(NCc3ccncc3)n2)c1. The molecule has 0 aliphatic heterocycles. The van der Waals surface area contributed by atoms with Crippen molar-refractivity contribution in [3.63, 3.8) is 0 Å². The van der Waals surface area contributed by atoms with Gasteiger partial charge in [0.15, 0.2) is 5.82 Å². The van der Waals surface area contributed by atoms with E-state index in [9.17, 15) is 0 Å². The lowest BCUT2D eigenvalue weighted by Crippen LogP contribution is -2.05. The lowest BCUT2D eigenvalue weighted by Gasteiger charge is -2.07. The van der Waals surface area contributed by atoms with Crippen LogP contribution in [0.25, 0.3) is 0 Å². The minimum Gasteiger partial charge on any atom is -0.365 e. The van der Waals surface area contributed by atoms with Crippen molar-refractivity contribution in [3.05, 3.63) is 66.1 Å². The number of aromatic nitrogens is 4. The smallest absolute Gasteiger partial charge is 0.249 e. The minimum absolute atomic E-state index is 0.361. The van der Waals surface area contributed by atoms with E-state index in [2.05, 4.69) is 36.9 Å². The molecule has 0 bridgehead atoms. The van der Waals surface area contributed by atoms with E-state index in [0.29, 0.717) is 23.9 Å². The van der Waals surface area contributed by atoms with Gasteiger partial charge >= 0.3 is 0 Å². The highest BCUT2D eigenvalue weighted by atomic mass is 15.3. The van der Waals surface area contributed by atoms with Gasteiger partial charge in [-0.2, -0.15) is 15.3 Å². The summed E-state index contributed by atoms with van der Waals surface area (Å²) >= 11 is 0. The average Bonchev–Trinajstić information content (AvgIpc) is 2.61. The van der Waals surface area contributed by atoms with Crippen molar-refractivity contribution in [2.24, 2.45) is 0 Å². The molecule has 3 aromatic rings. The molecule has 0 amide bonds. The van der Waals surface area contributed by atoms with Gasteiger partial charge in [-0.1, -0.05) is 6.07 Å². The number of hydrogen-bond acceptors (Lipinski definition) is 7. The minimum atomic E-state index is 0.361. The second-order valence-electron chi connectivity index (χ2n) is 4.69. The summed E-state index contributed by atoms with van der Waals surface area (Å²) in [6, 6.07) is 13.0. The topological polar surface area (TPSA) is 99.4 Å². The first-order valence-electron chi connectivity index (χ1n) is 6.93. The van der Waals surface area contributed by atoms with E-state index >= 15 is 0 Å². The van der Waals surface area contributed by atoms with Crippen LogP contribution in [-0.2, 0) is 6.54 Å². The van der Waals surface area contributed by atoms with Crippen LogP contribution < -0.4 is 10.6 Å². The Balaban J connectivity index is 1.68. The van der Waals surface area contributed by atoms with E-state index in [-0.39, 0.29) is 0 Å². The van der Waals surface area contributed by atoms with Crippen LogP contribution >= 0.6 is 0 Å². The molecule has 0 radical (unpaired) electrons. The number of hydrogen-bond donors (Lipinski definition) is 2. The van der Waals surface area contributed by atoms with Gasteiger partial charge in [0.1, 0.15) is 0 Å². The molecule has 0 spiro atoms. The molecule has 3 rings (SSSR count). The van der Waals surface area contributed by atoms with E-state index in [1.165, 1.54) is 0 Å². The zero-order valence-corrected chi connectivity index (χ0v) is 12.1. The Hall–Kier alpha value is -3.53. The van der Waals surface area contributed by atoms with Crippen molar-refractivity contribution >= 4 is 17.5 Å². The standard InChI is InChI=1S/C16H13N7/c17-9-13-2-1-3-14(8-13)21-16-22-15(11-20-23-16)19-10-12-4-6-18-7-5-12/h1-8,11H,10H2,(H2,19,21,22,23). The first-order chi connectivity index (χ1) is 11.3. The Morgan fingerprint density at radius 3 is 2.83 bits per heavy atom. The third-order valence-corrected chi connectivity index (χ3v) is 3.03. The summed E-state index contributed by atoms with van der Waals surface area (Å²) in [5, 5.41) is 23.0. The second-order valence-corrected chi connectivity index (χ2v) is 4.69. The predicted molar refractivity (Wildman–Crippen MR) is 85.8 cm³/mol. The molecule has 0 aliphatic carbocycles. The summed E-state index contributed by atoms with van der Waals surface area (Å²) in [5.41, 5.74) is 2.39. The number of rotatable bonds is 5. The molecule has 0 saturated carbocycles. The van der Waals surface area contributed by atoms with E-state index in [1.807, 2.05) is 18.2 Å². The summed E-state index contributed by atoms with van der Waals surface area (Å²) < 4.78 is 0. The first-order valence-corrected chi connectivity index (χ1v) is 6.93. The molecule has 112 valence electrons. The van der Waals surface area contributed by atoms with Crippen LogP contribution in [0.5, 0.6) is 0 Å². The number of pyridine rings is 1. The number of nitrogens with one attached hydrogen (secondary N) is 2. The number of nitrogens with zero attached hydrogens (tertiary/aromatic N) is 5. The third kappa shape index (κ3) is 3.98. The fraction of sp³-hybridized carbons (Fsp3) is 0.0625. The molecule has 0 unspecified atom stereocenters. The summed E-state index contributed by atoms with van der Waals surface area (Å²) in [7, 11) is 0. The summed E-state index contributed by atoms with van der Waals surface area (Å²) in [6.45, 7) is 0.616. The van der Waals surface area contributed by atoms with E-state index < -0.39 is 0 Å². The molecule has 7 nitrogen and oxygen atoms in total. The molecule has 2 aromatic heterocycles. The molecule has 0 fully saturated rings. The maximum Gasteiger partial charge on any atom is 0.249 e.